The predicted molar refractivity (Wildman–Crippen MR) is 67.9 cm³/mol. The van der Waals surface area contributed by atoms with Gasteiger partial charge in [0.1, 0.15) is 12.1 Å². The van der Waals surface area contributed by atoms with Crippen molar-refractivity contribution in [3.05, 3.63) is 18.1 Å². The van der Waals surface area contributed by atoms with Crippen LogP contribution in [0.4, 0.5) is 5.82 Å². The summed E-state index contributed by atoms with van der Waals surface area (Å²) in [4.78, 5) is 11.1. The van der Waals surface area contributed by atoms with Crippen molar-refractivity contribution in [3.8, 4) is 0 Å². The van der Waals surface area contributed by atoms with Crippen molar-refractivity contribution in [2.45, 2.75) is 38.1 Å². The van der Waals surface area contributed by atoms with Gasteiger partial charge in [-0.05, 0) is 38.0 Å². The van der Waals surface area contributed by atoms with Crippen LogP contribution in [0.1, 0.15) is 31.4 Å². The summed E-state index contributed by atoms with van der Waals surface area (Å²) in [7, 11) is 0. The van der Waals surface area contributed by atoms with E-state index in [1.807, 2.05) is 0 Å². The molecule has 4 nitrogen and oxygen atoms in total. The molecule has 1 aromatic rings. The zero-order valence-corrected chi connectivity index (χ0v) is 10.2. The van der Waals surface area contributed by atoms with Gasteiger partial charge in [-0.2, -0.15) is 0 Å². The van der Waals surface area contributed by atoms with Crippen LogP contribution in [0.3, 0.4) is 0 Å². The first-order chi connectivity index (χ1) is 8.31. The normalized spacial score (nSPS) is 21.8. The number of nitrogens with zero attached hydrogens (tertiary/aromatic N) is 3. The van der Waals surface area contributed by atoms with Crippen LogP contribution in [-0.4, -0.2) is 29.1 Å². The molecule has 2 fully saturated rings. The van der Waals surface area contributed by atoms with Crippen LogP contribution in [-0.2, 0) is 6.42 Å². The van der Waals surface area contributed by atoms with Gasteiger partial charge in [0.05, 0.1) is 0 Å². The van der Waals surface area contributed by atoms with Crippen molar-refractivity contribution in [3.63, 3.8) is 0 Å². The van der Waals surface area contributed by atoms with Crippen LogP contribution in [0.25, 0.3) is 0 Å². The van der Waals surface area contributed by atoms with E-state index in [1.54, 1.807) is 6.33 Å². The van der Waals surface area contributed by atoms with Crippen molar-refractivity contribution in [2.75, 3.05) is 18.0 Å². The fourth-order valence-corrected chi connectivity index (χ4v) is 2.42. The van der Waals surface area contributed by atoms with Crippen LogP contribution < -0.4 is 10.6 Å². The molecule has 1 saturated carbocycles. The minimum absolute atomic E-state index is 0.374. The quantitative estimate of drug-likeness (QED) is 0.855. The van der Waals surface area contributed by atoms with Crippen molar-refractivity contribution in [2.24, 2.45) is 11.7 Å². The van der Waals surface area contributed by atoms with E-state index in [0.29, 0.717) is 6.04 Å². The average molecular weight is 232 g/mol. The third kappa shape index (κ3) is 2.75. The molecule has 4 heteroatoms. The summed E-state index contributed by atoms with van der Waals surface area (Å²) >= 11 is 0. The van der Waals surface area contributed by atoms with Gasteiger partial charge >= 0.3 is 0 Å². The highest BCUT2D eigenvalue weighted by Crippen LogP contribution is 2.32. The van der Waals surface area contributed by atoms with E-state index in [2.05, 4.69) is 20.9 Å². The van der Waals surface area contributed by atoms with E-state index < -0.39 is 0 Å². The van der Waals surface area contributed by atoms with Gasteiger partial charge in [0.2, 0.25) is 0 Å². The molecule has 0 aromatic carbocycles. The molecular formula is C13H20N4. The number of rotatable bonds is 3. The Hall–Kier alpha value is -1.16. The maximum absolute atomic E-state index is 5.92. The Morgan fingerprint density at radius 2 is 1.94 bits per heavy atom. The smallest absolute Gasteiger partial charge is 0.132 e. The molecule has 3 rings (SSSR count). The molecule has 0 spiro atoms. The maximum Gasteiger partial charge on any atom is 0.132 e. The highest BCUT2D eigenvalue weighted by molar-refractivity contribution is 5.39. The Labute approximate surface area is 102 Å². The molecule has 0 amide bonds. The lowest BCUT2D eigenvalue weighted by Crippen LogP contribution is -2.40. The Balaban J connectivity index is 1.68. The number of piperidine rings is 1. The Morgan fingerprint density at radius 3 is 2.65 bits per heavy atom. The second-order valence-electron chi connectivity index (χ2n) is 5.34. The largest absolute Gasteiger partial charge is 0.356 e. The molecule has 0 bridgehead atoms. The third-order valence-electron chi connectivity index (χ3n) is 3.77. The molecule has 92 valence electrons. The zero-order valence-electron chi connectivity index (χ0n) is 10.2. The van der Waals surface area contributed by atoms with Crippen LogP contribution in [0.15, 0.2) is 12.4 Å². The summed E-state index contributed by atoms with van der Waals surface area (Å²) in [6, 6.07) is 2.54. The summed E-state index contributed by atoms with van der Waals surface area (Å²) in [6.45, 7) is 2.06. The lowest BCUT2D eigenvalue weighted by atomic mass is 10.1. The maximum atomic E-state index is 5.92. The highest BCUT2D eigenvalue weighted by Gasteiger charge is 2.23. The fourth-order valence-electron chi connectivity index (χ4n) is 2.42. The first-order valence-electron chi connectivity index (χ1n) is 6.63. The lowest BCUT2D eigenvalue weighted by Gasteiger charge is -2.31. The van der Waals surface area contributed by atoms with Gasteiger partial charge in [-0.25, -0.2) is 9.97 Å². The minimum atomic E-state index is 0.374. The molecule has 2 heterocycles. The fraction of sp³-hybridized carbons (Fsp3) is 0.692. The van der Waals surface area contributed by atoms with Gasteiger partial charge in [0, 0.05) is 30.9 Å². The molecule has 1 saturated heterocycles. The molecule has 0 radical (unpaired) electrons. The lowest BCUT2D eigenvalue weighted by molar-refractivity contribution is 0.498. The van der Waals surface area contributed by atoms with E-state index >= 15 is 0 Å². The van der Waals surface area contributed by atoms with Gasteiger partial charge in [0.25, 0.3) is 0 Å². The van der Waals surface area contributed by atoms with Crippen molar-refractivity contribution in [1.29, 1.82) is 0 Å². The van der Waals surface area contributed by atoms with Gasteiger partial charge < -0.3 is 10.6 Å². The second kappa shape index (κ2) is 4.61. The van der Waals surface area contributed by atoms with E-state index in [1.165, 1.54) is 18.5 Å². The minimum Gasteiger partial charge on any atom is -0.356 e. The molecule has 1 aliphatic heterocycles. The molecule has 1 aromatic heterocycles. The average Bonchev–Trinajstić information content (AvgIpc) is 3.14. The van der Waals surface area contributed by atoms with Crippen LogP contribution in [0.2, 0.25) is 0 Å². The van der Waals surface area contributed by atoms with Crippen molar-refractivity contribution in [1.82, 2.24) is 9.97 Å². The number of hydrogen-bond donors (Lipinski definition) is 1. The van der Waals surface area contributed by atoms with Gasteiger partial charge in [-0.3, -0.25) is 0 Å². The number of hydrogen-bond acceptors (Lipinski definition) is 4. The number of anilines is 1. The molecule has 2 aliphatic rings. The van der Waals surface area contributed by atoms with E-state index in [4.69, 9.17) is 5.73 Å². The third-order valence-corrected chi connectivity index (χ3v) is 3.77. The number of nitrogens with two attached hydrogens (primary N) is 1. The SMILES string of the molecule is NC1CCN(c2cc(CC3CC3)ncn2)CC1. The van der Waals surface area contributed by atoms with Crippen LogP contribution in [0, 0.1) is 5.92 Å². The first kappa shape index (κ1) is 11.0. The van der Waals surface area contributed by atoms with E-state index in [9.17, 15) is 0 Å². The summed E-state index contributed by atoms with van der Waals surface area (Å²) in [5.41, 5.74) is 7.12. The summed E-state index contributed by atoms with van der Waals surface area (Å²) in [5.74, 6) is 1.97. The number of aromatic nitrogens is 2. The molecule has 0 atom stereocenters. The van der Waals surface area contributed by atoms with E-state index in [0.717, 1.165) is 44.1 Å². The summed E-state index contributed by atoms with van der Waals surface area (Å²) in [6.07, 6.45) is 7.73. The van der Waals surface area contributed by atoms with Crippen LogP contribution >= 0.6 is 0 Å². The second-order valence-corrected chi connectivity index (χ2v) is 5.34. The summed E-state index contributed by atoms with van der Waals surface area (Å²) < 4.78 is 0. The zero-order chi connectivity index (χ0) is 11.7. The van der Waals surface area contributed by atoms with Gasteiger partial charge in [0.15, 0.2) is 0 Å². The Morgan fingerprint density at radius 1 is 1.18 bits per heavy atom. The topological polar surface area (TPSA) is 55.0 Å². The Bertz CT molecular complexity index is 381. The van der Waals surface area contributed by atoms with Crippen molar-refractivity contribution < 1.29 is 0 Å². The molecular weight excluding hydrogens is 212 g/mol. The predicted octanol–water partition coefficient (Wildman–Crippen LogP) is 1.36. The highest BCUT2D eigenvalue weighted by atomic mass is 15.2. The van der Waals surface area contributed by atoms with Gasteiger partial charge in [-0.1, -0.05) is 0 Å². The summed E-state index contributed by atoms with van der Waals surface area (Å²) in [5, 5.41) is 0. The molecule has 2 N–H and O–H groups in total. The van der Waals surface area contributed by atoms with Gasteiger partial charge in [-0.15, -0.1) is 0 Å². The molecule has 1 aliphatic carbocycles. The first-order valence-corrected chi connectivity index (χ1v) is 6.63. The monoisotopic (exact) mass is 232 g/mol. The molecule has 0 unspecified atom stereocenters. The molecule has 17 heavy (non-hydrogen) atoms. The van der Waals surface area contributed by atoms with Crippen molar-refractivity contribution >= 4 is 5.82 Å². The Kier molecular flexibility index (Phi) is 2.97. The van der Waals surface area contributed by atoms with Crippen LogP contribution in [0.5, 0.6) is 0 Å². The van der Waals surface area contributed by atoms with E-state index in [-0.39, 0.29) is 0 Å². The standard InChI is InChI=1S/C13H20N4/c14-11-3-5-17(6-4-11)13-8-12(15-9-16-13)7-10-1-2-10/h8-11H,1-7,14H2.